The highest BCUT2D eigenvalue weighted by molar-refractivity contribution is 7.18. The van der Waals surface area contributed by atoms with E-state index in [0.29, 0.717) is 30.2 Å². The Bertz CT molecular complexity index is 960. The number of benzene rings is 2. The molecule has 1 fully saturated rings. The maximum Gasteiger partial charge on any atom is 0.254 e. The number of ether oxygens (including phenoxy) is 2. The van der Waals surface area contributed by atoms with Crippen molar-refractivity contribution in [3.8, 4) is 21.9 Å². The second-order valence-electron chi connectivity index (χ2n) is 6.75. The normalized spacial score (nSPS) is 14.0. The molecule has 150 valence electrons. The number of thiazole rings is 1. The standard InChI is InChI=1S/C22H23N3O3S/c1-27-18-12-17(13-19(14-18)28-2)21(26)24-8-10-25(11-9-24)22-23-15-20(29-22)16-6-4-3-5-7-16/h3-7,12-15H,8-11H2,1-2H3. The molecule has 0 atom stereocenters. The molecular formula is C22H23N3O3S. The fraction of sp³-hybridized carbons (Fsp3) is 0.273. The summed E-state index contributed by atoms with van der Waals surface area (Å²) in [6.07, 6.45) is 1.93. The molecule has 1 saturated heterocycles. The Morgan fingerprint density at radius 1 is 0.966 bits per heavy atom. The number of anilines is 1. The monoisotopic (exact) mass is 409 g/mol. The van der Waals surface area contributed by atoms with Gasteiger partial charge in [-0.2, -0.15) is 0 Å². The van der Waals surface area contributed by atoms with Crippen LogP contribution in [0.3, 0.4) is 0 Å². The second kappa shape index (κ2) is 8.53. The van der Waals surface area contributed by atoms with Crippen molar-refractivity contribution in [1.82, 2.24) is 9.88 Å². The number of aromatic nitrogens is 1. The summed E-state index contributed by atoms with van der Waals surface area (Å²) in [5, 5.41) is 0.999. The number of amides is 1. The Balaban J connectivity index is 1.42. The van der Waals surface area contributed by atoms with Gasteiger partial charge in [0.15, 0.2) is 5.13 Å². The number of hydrogen-bond acceptors (Lipinski definition) is 6. The van der Waals surface area contributed by atoms with Gasteiger partial charge in [0.05, 0.1) is 19.1 Å². The van der Waals surface area contributed by atoms with E-state index in [4.69, 9.17) is 9.47 Å². The van der Waals surface area contributed by atoms with E-state index in [1.165, 1.54) is 5.56 Å². The Morgan fingerprint density at radius 3 is 2.24 bits per heavy atom. The predicted octanol–water partition coefficient (Wildman–Crippen LogP) is 3.79. The van der Waals surface area contributed by atoms with Crippen molar-refractivity contribution in [1.29, 1.82) is 0 Å². The number of carbonyl (C=O) groups is 1. The van der Waals surface area contributed by atoms with E-state index >= 15 is 0 Å². The molecule has 4 rings (SSSR count). The molecule has 29 heavy (non-hydrogen) atoms. The van der Waals surface area contributed by atoms with Gasteiger partial charge >= 0.3 is 0 Å². The third-order valence-electron chi connectivity index (χ3n) is 4.99. The van der Waals surface area contributed by atoms with Crippen LogP contribution in [0.4, 0.5) is 5.13 Å². The molecular weight excluding hydrogens is 386 g/mol. The van der Waals surface area contributed by atoms with Crippen molar-refractivity contribution in [2.24, 2.45) is 0 Å². The van der Waals surface area contributed by atoms with Crippen LogP contribution >= 0.6 is 11.3 Å². The highest BCUT2D eigenvalue weighted by Crippen LogP contribution is 2.31. The molecule has 0 bridgehead atoms. The smallest absolute Gasteiger partial charge is 0.254 e. The fourth-order valence-electron chi connectivity index (χ4n) is 3.36. The average molecular weight is 410 g/mol. The molecule has 0 unspecified atom stereocenters. The minimum atomic E-state index is -0.00837. The number of rotatable bonds is 5. The first-order valence-electron chi connectivity index (χ1n) is 9.46. The molecule has 6 nitrogen and oxygen atoms in total. The molecule has 0 saturated carbocycles. The number of nitrogens with zero attached hydrogens (tertiary/aromatic N) is 3. The molecule has 1 aliphatic rings. The first kappa shape index (κ1) is 19.3. The molecule has 2 aromatic carbocycles. The van der Waals surface area contributed by atoms with Crippen LogP contribution in [-0.2, 0) is 0 Å². The average Bonchev–Trinajstić information content (AvgIpc) is 3.29. The van der Waals surface area contributed by atoms with Gasteiger partial charge in [-0.1, -0.05) is 41.7 Å². The maximum absolute atomic E-state index is 13.0. The summed E-state index contributed by atoms with van der Waals surface area (Å²) in [5.41, 5.74) is 1.76. The lowest BCUT2D eigenvalue weighted by atomic mass is 10.1. The van der Waals surface area contributed by atoms with Crippen LogP contribution in [0.5, 0.6) is 11.5 Å². The van der Waals surface area contributed by atoms with E-state index < -0.39 is 0 Å². The van der Waals surface area contributed by atoms with Crippen LogP contribution in [0.2, 0.25) is 0 Å². The van der Waals surface area contributed by atoms with Crippen LogP contribution < -0.4 is 14.4 Å². The lowest BCUT2D eigenvalue weighted by molar-refractivity contribution is 0.0746. The Morgan fingerprint density at radius 2 is 1.62 bits per heavy atom. The topological polar surface area (TPSA) is 54.9 Å². The van der Waals surface area contributed by atoms with Gasteiger partial charge in [-0.25, -0.2) is 4.98 Å². The molecule has 0 spiro atoms. The van der Waals surface area contributed by atoms with Crippen molar-refractivity contribution in [3.05, 3.63) is 60.3 Å². The summed E-state index contributed by atoms with van der Waals surface area (Å²) in [6, 6.07) is 15.5. The number of piperazine rings is 1. The fourth-order valence-corrected chi connectivity index (χ4v) is 4.33. The third kappa shape index (κ3) is 4.19. The van der Waals surface area contributed by atoms with Crippen molar-refractivity contribution in [2.45, 2.75) is 0 Å². The molecule has 0 aliphatic carbocycles. The number of methoxy groups -OCH3 is 2. The summed E-state index contributed by atoms with van der Waals surface area (Å²) in [7, 11) is 3.17. The van der Waals surface area contributed by atoms with E-state index in [9.17, 15) is 4.79 Å². The summed E-state index contributed by atoms with van der Waals surface area (Å²) in [6.45, 7) is 2.82. The molecule has 0 radical (unpaired) electrons. The molecule has 2 heterocycles. The third-order valence-corrected chi connectivity index (χ3v) is 6.09. The van der Waals surface area contributed by atoms with E-state index in [1.54, 1.807) is 43.8 Å². The van der Waals surface area contributed by atoms with Crippen LogP contribution in [-0.4, -0.2) is 56.2 Å². The van der Waals surface area contributed by atoms with Crippen molar-refractivity contribution in [3.63, 3.8) is 0 Å². The van der Waals surface area contributed by atoms with Gasteiger partial charge in [0, 0.05) is 44.0 Å². The zero-order chi connectivity index (χ0) is 20.2. The molecule has 1 aromatic heterocycles. The van der Waals surface area contributed by atoms with Gasteiger partial charge in [-0.05, 0) is 17.7 Å². The first-order valence-corrected chi connectivity index (χ1v) is 10.3. The largest absolute Gasteiger partial charge is 0.497 e. The summed E-state index contributed by atoms with van der Waals surface area (Å²) in [5.74, 6) is 1.22. The van der Waals surface area contributed by atoms with Gasteiger partial charge in [0.1, 0.15) is 11.5 Å². The minimum Gasteiger partial charge on any atom is -0.497 e. The van der Waals surface area contributed by atoms with Gasteiger partial charge < -0.3 is 19.3 Å². The number of carbonyl (C=O) groups excluding carboxylic acids is 1. The van der Waals surface area contributed by atoms with Crippen LogP contribution in [0.15, 0.2) is 54.7 Å². The highest BCUT2D eigenvalue weighted by atomic mass is 32.1. The zero-order valence-corrected chi connectivity index (χ0v) is 17.3. The van der Waals surface area contributed by atoms with Gasteiger partial charge in [-0.3, -0.25) is 4.79 Å². The Labute approximate surface area is 174 Å². The summed E-state index contributed by atoms with van der Waals surface area (Å²) in [4.78, 5) is 22.8. The SMILES string of the molecule is COc1cc(OC)cc(C(=O)N2CCN(c3ncc(-c4ccccc4)s3)CC2)c1. The zero-order valence-electron chi connectivity index (χ0n) is 16.5. The number of hydrogen-bond donors (Lipinski definition) is 0. The van der Waals surface area contributed by atoms with Crippen LogP contribution in [0.25, 0.3) is 10.4 Å². The van der Waals surface area contributed by atoms with E-state index in [0.717, 1.165) is 23.1 Å². The molecule has 1 amide bonds. The van der Waals surface area contributed by atoms with E-state index in [2.05, 4.69) is 22.0 Å². The maximum atomic E-state index is 13.0. The van der Waals surface area contributed by atoms with Gasteiger partial charge in [-0.15, -0.1) is 0 Å². The second-order valence-corrected chi connectivity index (χ2v) is 7.76. The van der Waals surface area contributed by atoms with Gasteiger partial charge in [0.25, 0.3) is 5.91 Å². The minimum absolute atomic E-state index is 0.00837. The summed E-state index contributed by atoms with van der Waals surface area (Å²) < 4.78 is 10.6. The molecule has 1 aliphatic heterocycles. The molecule has 7 heteroatoms. The van der Waals surface area contributed by atoms with Crippen molar-refractivity contribution < 1.29 is 14.3 Å². The molecule has 0 N–H and O–H groups in total. The van der Waals surface area contributed by atoms with Crippen molar-refractivity contribution >= 4 is 22.4 Å². The van der Waals surface area contributed by atoms with E-state index in [-0.39, 0.29) is 5.91 Å². The molecule has 3 aromatic rings. The van der Waals surface area contributed by atoms with Gasteiger partial charge in [0.2, 0.25) is 0 Å². The van der Waals surface area contributed by atoms with Crippen LogP contribution in [0.1, 0.15) is 10.4 Å². The predicted molar refractivity (Wildman–Crippen MR) is 115 cm³/mol. The quantitative estimate of drug-likeness (QED) is 0.642. The van der Waals surface area contributed by atoms with Crippen molar-refractivity contribution in [2.75, 3.05) is 45.3 Å². The lowest BCUT2D eigenvalue weighted by Crippen LogP contribution is -2.48. The van der Waals surface area contributed by atoms with Crippen LogP contribution in [0, 0.1) is 0 Å². The lowest BCUT2D eigenvalue weighted by Gasteiger charge is -2.34. The Hall–Kier alpha value is -3.06. The summed E-state index contributed by atoms with van der Waals surface area (Å²) >= 11 is 1.69. The first-order chi connectivity index (χ1) is 14.2. The Kier molecular flexibility index (Phi) is 5.67. The highest BCUT2D eigenvalue weighted by Gasteiger charge is 2.24. The van der Waals surface area contributed by atoms with E-state index in [1.807, 2.05) is 29.3 Å².